The van der Waals surface area contributed by atoms with Gasteiger partial charge in [0.25, 0.3) is 0 Å². The summed E-state index contributed by atoms with van der Waals surface area (Å²) in [6.45, 7) is 6.40. The number of anilines is 1. The molecule has 25 heavy (non-hydrogen) atoms. The van der Waals surface area contributed by atoms with Crippen LogP contribution < -0.4 is 4.90 Å². The van der Waals surface area contributed by atoms with E-state index >= 15 is 0 Å². The Bertz CT molecular complexity index is 684. The first kappa shape index (κ1) is 16.4. The largest absolute Gasteiger partial charge is 0.379 e. The van der Waals surface area contributed by atoms with Crippen molar-refractivity contribution in [1.29, 1.82) is 0 Å². The van der Waals surface area contributed by atoms with E-state index in [1.165, 1.54) is 31.6 Å². The van der Waals surface area contributed by atoms with E-state index < -0.39 is 0 Å². The summed E-state index contributed by atoms with van der Waals surface area (Å²) in [4.78, 5) is 13.4. The van der Waals surface area contributed by atoms with Gasteiger partial charge in [-0.3, -0.25) is 4.68 Å². The minimum Gasteiger partial charge on any atom is -0.379 e. The molecule has 2 aromatic rings. The Morgan fingerprint density at radius 1 is 1.20 bits per heavy atom. The van der Waals surface area contributed by atoms with Gasteiger partial charge in [-0.1, -0.05) is 5.21 Å². The molecule has 134 valence electrons. The van der Waals surface area contributed by atoms with Gasteiger partial charge in [0.15, 0.2) is 0 Å². The third kappa shape index (κ3) is 3.64. The van der Waals surface area contributed by atoms with E-state index in [2.05, 4.69) is 30.1 Å². The Balaban J connectivity index is 1.41. The van der Waals surface area contributed by atoms with E-state index in [4.69, 9.17) is 4.74 Å². The lowest BCUT2D eigenvalue weighted by atomic mass is 9.99. The number of fused-ring (bicyclic) bond motifs is 1. The molecule has 8 heteroatoms. The Labute approximate surface area is 147 Å². The molecule has 1 saturated heterocycles. The molecule has 4 rings (SSSR count). The second-order valence-electron chi connectivity index (χ2n) is 6.79. The summed E-state index contributed by atoms with van der Waals surface area (Å²) in [7, 11) is 1.96. The lowest BCUT2D eigenvalue weighted by Crippen LogP contribution is -2.37. The van der Waals surface area contributed by atoms with Crippen LogP contribution in [0.2, 0.25) is 0 Å². The maximum absolute atomic E-state index is 6.02. The molecule has 0 aliphatic carbocycles. The summed E-state index contributed by atoms with van der Waals surface area (Å²) in [5, 5.41) is 8.53. The summed E-state index contributed by atoms with van der Waals surface area (Å²) in [5.74, 6) is 0.965. The lowest BCUT2D eigenvalue weighted by Gasteiger charge is -2.32. The van der Waals surface area contributed by atoms with Crippen LogP contribution in [0.1, 0.15) is 30.1 Å². The predicted molar refractivity (Wildman–Crippen MR) is 93.3 cm³/mol. The maximum Gasteiger partial charge on any atom is 0.225 e. The first-order valence-electron chi connectivity index (χ1n) is 9.02. The van der Waals surface area contributed by atoms with E-state index in [1.807, 2.05) is 17.8 Å². The number of likely N-dealkylation sites (tertiary alicyclic amines) is 1. The van der Waals surface area contributed by atoms with Crippen molar-refractivity contribution in [2.75, 3.05) is 44.3 Å². The highest BCUT2D eigenvalue weighted by atomic mass is 16.5. The molecule has 0 amide bonds. The van der Waals surface area contributed by atoms with E-state index in [-0.39, 0.29) is 5.92 Å². The van der Waals surface area contributed by atoms with E-state index in [0.29, 0.717) is 13.2 Å². The summed E-state index contributed by atoms with van der Waals surface area (Å²) in [6.07, 6.45) is 6.18. The zero-order chi connectivity index (χ0) is 17.1. The van der Waals surface area contributed by atoms with Crippen LogP contribution >= 0.6 is 0 Å². The van der Waals surface area contributed by atoms with Crippen LogP contribution in [0.25, 0.3) is 0 Å². The Kier molecular flexibility index (Phi) is 4.89. The van der Waals surface area contributed by atoms with Gasteiger partial charge in [-0.2, -0.15) is 0 Å². The molecule has 0 radical (unpaired) electrons. The second-order valence-corrected chi connectivity index (χ2v) is 6.79. The minimum absolute atomic E-state index is 0.228. The third-order valence-corrected chi connectivity index (χ3v) is 5.02. The van der Waals surface area contributed by atoms with Crippen LogP contribution in [0.5, 0.6) is 0 Å². The summed E-state index contributed by atoms with van der Waals surface area (Å²) < 4.78 is 7.90. The van der Waals surface area contributed by atoms with Gasteiger partial charge in [-0.05, 0) is 32.0 Å². The van der Waals surface area contributed by atoms with Gasteiger partial charge in [0, 0.05) is 38.4 Å². The van der Waals surface area contributed by atoms with Gasteiger partial charge in [0.1, 0.15) is 5.69 Å². The van der Waals surface area contributed by atoms with Crippen LogP contribution in [0.4, 0.5) is 5.95 Å². The predicted octanol–water partition coefficient (Wildman–Crippen LogP) is 0.821. The summed E-state index contributed by atoms with van der Waals surface area (Å²) >= 11 is 0. The molecule has 1 fully saturated rings. The topological polar surface area (TPSA) is 72.2 Å². The Hall–Kier alpha value is -2.06. The summed E-state index contributed by atoms with van der Waals surface area (Å²) in [5.41, 5.74) is 2.17. The lowest BCUT2D eigenvalue weighted by molar-refractivity contribution is 0.0975. The van der Waals surface area contributed by atoms with Gasteiger partial charge in [0.2, 0.25) is 5.95 Å². The highest BCUT2D eigenvalue weighted by Crippen LogP contribution is 2.28. The molecule has 2 aromatic heterocycles. The minimum atomic E-state index is 0.228. The van der Waals surface area contributed by atoms with Gasteiger partial charge in [-0.15, -0.1) is 5.10 Å². The Morgan fingerprint density at radius 2 is 2.00 bits per heavy atom. The van der Waals surface area contributed by atoms with Gasteiger partial charge >= 0.3 is 0 Å². The van der Waals surface area contributed by atoms with Crippen LogP contribution in [0.3, 0.4) is 0 Å². The van der Waals surface area contributed by atoms with Crippen LogP contribution in [0, 0.1) is 0 Å². The molecule has 0 N–H and O–H groups in total. The fourth-order valence-electron chi connectivity index (χ4n) is 3.78. The van der Waals surface area contributed by atoms with Crippen molar-refractivity contribution in [2.24, 2.45) is 7.05 Å². The van der Waals surface area contributed by atoms with Crippen molar-refractivity contribution in [1.82, 2.24) is 29.9 Å². The van der Waals surface area contributed by atoms with Crippen molar-refractivity contribution < 1.29 is 4.74 Å². The molecule has 1 atom stereocenters. The number of hydrogen-bond acceptors (Lipinski definition) is 7. The van der Waals surface area contributed by atoms with Crippen molar-refractivity contribution in [3.8, 4) is 0 Å². The number of ether oxygens (including phenoxy) is 1. The first-order chi connectivity index (χ1) is 12.3. The SMILES string of the molecule is Cn1nnc2c1C(COCCN1CCCC1)CN(c1ncccn1)C2. The molecule has 0 aromatic carbocycles. The van der Waals surface area contributed by atoms with Crippen LogP contribution in [0.15, 0.2) is 18.5 Å². The quantitative estimate of drug-likeness (QED) is 0.719. The number of aryl methyl sites for hydroxylation is 1. The smallest absolute Gasteiger partial charge is 0.225 e. The standard InChI is InChI=1S/C17H25N7O/c1-22-16-14(13-25-10-9-23-7-2-3-8-23)11-24(12-15(16)20-21-22)17-18-5-4-6-19-17/h4-6,14H,2-3,7-13H2,1H3. The van der Waals surface area contributed by atoms with E-state index in [9.17, 15) is 0 Å². The van der Waals surface area contributed by atoms with Crippen molar-refractivity contribution in [3.63, 3.8) is 0 Å². The van der Waals surface area contributed by atoms with Crippen molar-refractivity contribution in [2.45, 2.75) is 25.3 Å². The van der Waals surface area contributed by atoms with Crippen LogP contribution in [-0.4, -0.2) is 69.3 Å². The fraction of sp³-hybridized carbons (Fsp3) is 0.647. The third-order valence-electron chi connectivity index (χ3n) is 5.02. The van der Waals surface area contributed by atoms with Gasteiger partial charge < -0.3 is 14.5 Å². The molecular weight excluding hydrogens is 318 g/mol. The average Bonchev–Trinajstić information content (AvgIpc) is 3.29. The number of aromatic nitrogens is 5. The molecule has 4 heterocycles. The molecule has 2 aliphatic rings. The molecule has 1 unspecified atom stereocenters. The molecule has 2 aliphatic heterocycles. The molecule has 0 spiro atoms. The number of nitrogens with zero attached hydrogens (tertiary/aromatic N) is 7. The van der Waals surface area contributed by atoms with Crippen molar-refractivity contribution in [3.05, 3.63) is 29.8 Å². The molecule has 0 saturated carbocycles. The molecule has 0 bridgehead atoms. The number of hydrogen-bond donors (Lipinski definition) is 0. The number of rotatable bonds is 6. The first-order valence-corrected chi connectivity index (χ1v) is 9.02. The summed E-state index contributed by atoms with van der Waals surface area (Å²) in [6, 6.07) is 1.83. The zero-order valence-corrected chi connectivity index (χ0v) is 14.7. The highest BCUT2D eigenvalue weighted by molar-refractivity contribution is 5.36. The van der Waals surface area contributed by atoms with E-state index in [0.717, 1.165) is 31.3 Å². The molecule has 8 nitrogen and oxygen atoms in total. The monoisotopic (exact) mass is 343 g/mol. The maximum atomic E-state index is 6.02. The highest BCUT2D eigenvalue weighted by Gasteiger charge is 2.31. The zero-order valence-electron chi connectivity index (χ0n) is 14.7. The van der Waals surface area contributed by atoms with Gasteiger partial charge in [-0.25, -0.2) is 9.97 Å². The fourth-order valence-corrected chi connectivity index (χ4v) is 3.78. The average molecular weight is 343 g/mol. The normalized spacial score (nSPS) is 20.8. The van der Waals surface area contributed by atoms with Gasteiger partial charge in [0.05, 0.1) is 25.5 Å². The van der Waals surface area contributed by atoms with E-state index in [1.54, 1.807) is 12.4 Å². The Morgan fingerprint density at radius 3 is 2.80 bits per heavy atom. The second kappa shape index (κ2) is 7.45. The molecular formula is C17H25N7O. The van der Waals surface area contributed by atoms with Crippen molar-refractivity contribution >= 4 is 5.95 Å². The van der Waals surface area contributed by atoms with Crippen LogP contribution in [-0.2, 0) is 18.3 Å².